The summed E-state index contributed by atoms with van der Waals surface area (Å²) in [6.45, 7) is 7.00. The summed E-state index contributed by atoms with van der Waals surface area (Å²) in [6, 6.07) is 9.90. The highest BCUT2D eigenvalue weighted by atomic mass is 16.5. The smallest absolute Gasteiger partial charge is 0.257 e. The lowest BCUT2D eigenvalue weighted by Gasteiger charge is -2.34. The van der Waals surface area contributed by atoms with E-state index in [1.54, 1.807) is 29.2 Å². The van der Waals surface area contributed by atoms with Crippen molar-refractivity contribution in [2.75, 3.05) is 29.9 Å². The van der Waals surface area contributed by atoms with Crippen LogP contribution in [0, 0.1) is 6.92 Å². The van der Waals surface area contributed by atoms with E-state index in [2.05, 4.69) is 37.5 Å². The Kier molecular flexibility index (Phi) is 6.62. The molecule has 0 spiro atoms. The Hall–Kier alpha value is -4.44. The van der Waals surface area contributed by atoms with Crippen LogP contribution in [0.15, 0.2) is 61.3 Å². The molecule has 4 aromatic heterocycles. The van der Waals surface area contributed by atoms with Gasteiger partial charge in [0.1, 0.15) is 11.3 Å². The summed E-state index contributed by atoms with van der Waals surface area (Å²) < 4.78 is 9.72. The van der Waals surface area contributed by atoms with E-state index >= 15 is 0 Å². The summed E-state index contributed by atoms with van der Waals surface area (Å²) in [4.78, 5) is 24.7. The van der Waals surface area contributed by atoms with Crippen LogP contribution >= 0.6 is 0 Å². The lowest BCUT2D eigenvalue weighted by atomic mass is 10.0. The Morgan fingerprint density at radius 2 is 2.00 bits per heavy atom. The zero-order chi connectivity index (χ0) is 26.9. The third-order valence-corrected chi connectivity index (χ3v) is 7.10. The van der Waals surface area contributed by atoms with Gasteiger partial charge in [0, 0.05) is 68.1 Å². The molecular weight excluding hydrogens is 492 g/mol. The van der Waals surface area contributed by atoms with Crippen molar-refractivity contribution in [2.45, 2.75) is 32.7 Å². The average Bonchev–Trinajstić information content (AvgIpc) is 3.51. The zero-order valence-corrected chi connectivity index (χ0v) is 22.4. The molecule has 0 radical (unpaired) electrons. The average molecular weight is 525 g/mol. The van der Waals surface area contributed by atoms with Crippen LogP contribution in [0.25, 0.3) is 16.6 Å². The maximum atomic E-state index is 13.6. The van der Waals surface area contributed by atoms with E-state index in [0.29, 0.717) is 40.0 Å². The Bertz CT molecular complexity index is 1630. The number of carbonyl (C=O) groups is 1. The summed E-state index contributed by atoms with van der Waals surface area (Å²) in [6.07, 6.45) is 11.2. The molecule has 39 heavy (non-hydrogen) atoms. The monoisotopic (exact) mass is 524 g/mol. The normalized spacial score (nSPS) is 14.3. The number of ether oxygens (including phenoxy) is 1. The second kappa shape index (κ2) is 10.4. The number of hydrogen-bond acceptors (Lipinski definition) is 7. The van der Waals surface area contributed by atoms with Crippen LogP contribution in [0.4, 0.5) is 11.4 Å². The number of pyridine rings is 2. The maximum Gasteiger partial charge on any atom is 0.257 e. The van der Waals surface area contributed by atoms with Crippen LogP contribution in [0.5, 0.6) is 11.5 Å². The van der Waals surface area contributed by atoms with Crippen LogP contribution in [0.1, 0.15) is 35.8 Å². The summed E-state index contributed by atoms with van der Waals surface area (Å²) in [5, 5.41) is 12.3. The fourth-order valence-corrected chi connectivity index (χ4v) is 5.34. The number of amides is 1. The van der Waals surface area contributed by atoms with Gasteiger partial charge in [0.15, 0.2) is 11.4 Å². The van der Waals surface area contributed by atoms with E-state index in [-0.39, 0.29) is 5.91 Å². The minimum Gasteiger partial charge on any atom is -0.452 e. The number of imidazole rings is 1. The molecule has 1 saturated heterocycles. The van der Waals surface area contributed by atoms with Crippen LogP contribution in [0.2, 0.25) is 0 Å². The summed E-state index contributed by atoms with van der Waals surface area (Å²) in [7, 11) is 1.89. The summed E-state index contributed by atoms with van der Waals surface area (Å²) in [5.41, 5.74) is 4.41. The number of piperidine rings is 1. The molecule has 1 fully saturated rings. The molecule has 10 heteroatoms. The van der Waals surface area contributed by atoms with Gasteiger partial charge in [-0.3, -0.25) is 14.5 Å². The minimum absolute atomic E-state index is 0.236. The first-order chi connectivity index (χ1) is 19.0. The van der Waals surface area contributed by atoms with Gasteiger partial charge in [-0.1, -0.05) is 6.92 Å². The zero-order valence-electron chi connectivity index (χ0n) is 22.4. The van der Waals surface area contributed by atoms with Gasteiger partial charge in [0.25, 0.3) is 5.91 Å². The largest absolute Gasteiger partial charge is 0.452 e. The number of aromatic nitrogens is 5. The topological polar surface area (TPSA) is 102 Å². The maximum absolute atomic E-state index is 13.6. The standard InChI is InChI=1S/C29H32N8O2/c1-4-31-20-9-12-36(13-10-20)25-8-7-23(27-24(25)18-35(3)34-27)29(38)33-21-14-26(39-22-6-5-11-30-15-22)28-32-19(2)16-37(28)17-21/h5-8,11,14-18,20,31H,4,9-10,12-13H2,1-3H3,(H,33,38). The molecule has 0 aliphatic carbocycles. The first-order valence-electron chi connectivity index (χ1n) is 13.3. The number of benzene rings is 1. The van der Waals surface area contributed by atoms with Crippen molar-refractivity contribution >= 4 is 33.8 Å². The van der Waals surface area contributed by atoms with Crippen molar-refractivity contribution in [1.82, 2.24) is 29.5 Å². The summed E-state index contributed by atoms with van der Waals surface area (Å²) in [5.74, 6) is 0.872. The van der Waals surface area contributed by atoms with Crippen LogP contribution in [0.3, 0.4) is 0 Å². The molecule has 0 atom stereocenters. The van der Waals surface area contributed by atoms with Crippen molar-refractivity contribution < 1.29 is 9.53 Å². The van der Waals surface area contributed by atoms with Gasteiger partial charge in [-0.25, -0.2) is 4.98 Å². The number of nitrogens with zero attached hydrogens (tertiary/aromatic N) is 6. The molecule has 6 rings (SSSR count). The van der Waals surface area contributed by atoms with E-state index in [4.69, 9.17) is 4.74 Å². The minimum atomic E-state index is -0.236. The van der Waals surface area contributed by atoms with E-state index in [0.717, 1.165) is 49.2 Å². The van der Waals surface area contributed by atoms with E-state index in [9.17, 15) is 4.79 Å². The quantitative estimate of drug-likeness (QED) is 0.322. The molecule has 0 unspecified atom stereocenters. The Morgan fingerprint density at radius 3 is 2.77 bits per heavy atom. The number of rotatable bonds is 7. The number of fused-ring (bicyclic) bond motifs is 2. The Balaban J connectivity index is 1.29. The molecule has 1 aromatic carbocycles. The molecule has 5 aromatic rings. The molecule has 1 aliphatic rings. The van der Waals surface area contributed by atoms with Gasteiger partial charge in [-0.05, 0) is 50.6 Å². The molecule has 200 valence electrons. The molecule has 0 saturated carbocycles. The van der Waals surface area contributed by atoms with Gasteiger partial charge < -0.3 is 24.7 Å². The first-order valence-corrected chi connectivity index (χ1v) is 13.3. The number of carbonyl (C=O) groups excluding carboxylic acids is 1. The fraction of sp³-hybridized carbons (Fsp3) is 0.310. The van der Waals surface area contributed by atoms with E-state index in [1.165, 1.54) is 0 Å². The lowest BCUT2D eigenvalue weighted by Crippen LogP contribution is -2.42. The molecule has 5 heterocycles. The SMILES string of the molecule is CCNC1CCN(c2ccc(C(=O)Nc3cc(Oc4cccnc4)c4nc(C)cn4c3)c3nn(C)cc23)CC1. The van der Waals surface area contributed by atoms with Crippen molar-refractivity contribution in [2.24, 2.45) is 7.05 Å². The molecule has 2 N–H and O–H groups in total. The fourth-order valence-electron chi connectivity index (χ4n) is 5.34. The predicted molar refractivity (Wildman–Crippen MR) is 152 cm³/mol. The van der Waals surface area contributed by atoms with Crippen molar-refractivity contribution in [3.05, 3.63) is 72.6 Å². The Labute approximate surface area is 226 Å². The molecule has 10 nitrogen and oxygen atoms in total. The molecule has 0 bridgehead atoms. The van der Waals surface area contributed by atoms with Crippen molar-refractivity contribution in [1.29, 1.82) is 0 Å². The van der Waals surface area contributed by atoms with Crippen LogP contribution in [-0.2, 0) is 7.05 Å². The first kappa shape index (κ1) is 24.9. The highest BCUT2D eigenvalue weighted by Gasteiger charge is 2.23. The predicted octanol–water partition coefficient (Wildman–Crippen LogP) is 4.55. The van der Waals surface area contributed by atoms with Gasteiger partial charge in [0.2, 0.25) is 0 Å². The third-order valence-electron chi connectivity index (χ3n) is 7.10. The van der Waals surface area contributed by atoms with E-state index in [1.807, 2.05) is 55.2 Å². The Morgan fingerprint density at radius 1 is 1.15 bits per heavy atom. The van der Waals surface area contributed by atoms with E-state index < -0.39 is 0 Å². The second-order valence-electron chi connectivity index (χ2n) is 9.97. The van der Waals surface area contributed by atoms with Crippen LogP contribution in [-0.4, -0.2) is 55.7 Å². The van der Waals surface area contributed by atoms with Crippen molar-refractivity contribution in [3.63, 3.8) is 0 Å². The summed E-state index contributed by atoms with van der Waals surface area (Å²) >= 11 is 0. The highest BCUT2D eigenvalue weighted by Crippen LogP contribution is 2.32. The molecular formula is C29H32N8O2. The van der Waals surface area contributed by atoms with Gasteiger partial charge in [-0.15, -0.1) is 0 Å². The highest BCUT2D eigenvalue weighted by molar-refractivity contribution is 6.14. The van der Waals surface area contributed by atoms with Gasteiger partial charge in [0.05, 0.1) is 23.1 Å². The number of anilines is 2. The number of aryl methyl sites for hydroxylation is 2. The molecule has 1 aliphatic heterocycles. The number of nitrogens with one attached hydrogen (secondary N) is 2. The van der Waals surface area contributed by atoms with Gasteiger partial charge >= 0.3 is 0 Å². The molecule has 1 amide bonds. The second-order valence-corrected chi connectivity index (χ2v) is 9.97. The number of hydrogen-bond donors (Lipinski definition) is 2. The van der Waals surface area contributed by atoms with Crippen molar-refractivity contribution in [3.8, 4) is 11.5 Å². The van der Waals surface area contributed by atoms with Crippen LogP contribution < -0.4 is 20.3 Å². The van der Waals surface area contributed by atoms with Gasteiger partial charge in [-0.2, -0.15) is 5.10 Å². The lowest BCUT2D eigenvalue weighted by molar-refractivity contribution is 0.102. The third kappa shape index (κ3) is 5.03.